The van der Waals surface area contributed by atoms with Gasteiger partial charge in [0.2, 0.25) is 5.91 Å². The van der Waals surface area contributed by atoms with E-state index in [4.69, 9.17) is 16.6 Å². The number of amides is 1. The molecule has 2 unspecified atom stereocenters. The fraction of sp³-hybridized carbons (Fsp3) is 0.778. The molecular weight excluding hydrogens is 184 g/mol. The summed E-state index contributed by atoms with van der Waals surface area (Å²) < 4.78 is 0. The lowest BCUT2D eigenvalue weighted by Crippen LogP contribution is -2.42. The number of carboxylic acid groups (broad SMARTS) is 1. The van der Waals surface area contributed by atoms with Crippen molar-refractivity contribution < 1.29 is 14.7 Å². The summed E-state index contributed by atoms with van der Waals surface area (Å²) in [5.41, 5.74) is 9.95. The number of hydrogen-bond donors (Lipinski definition) is 3. The first-order valence-corrected chi connectivity index (χ1v) is 4.44. The molecular formula is C9H18N2O3. The maximum Gasteiger partial charge on any atom is 0.307 e. The third kappa shape index (κ3) is 3.74. The second-order valence-electron chi connectivity index (χ2n) is 4.50. The van der Waals surface area contributed by atoms with E-state index in [1.54, 1.807) is 20.8 Å². The van der Waals surface area contributed by atoms with Crippen molar-refractivity contribution in [2.45, 2.75) is 33.2 Å². The second-order valence-corrected chi connectivity index (χ2v) is 4.50. The molecule has 5 heteroatoms. The zero-order chi connectivity index (χ0) is 11.5. The van der Waals surface area contributed by atoms with Crippen molar-refractivity contribution in [3.05, 3.63) is 0 Å². The Morgan fingerprint density at radius 3 is 2.00 bits per heavy atom. The van der Waals surface area contributed by atoms with E-state index in [-0.39, 0.29) is 6.42 Å². The molecule has 82 valence electrons. The van der Waals surface area contributed by atoms with Gasteiger partial charge in [0, 0.05) is 0 Å². The second kappa shape index (κ2) is 4.41. The van der Waals surface area contributed by atoms with E-state index in [2.05, 4.69) is 0 Å². The van der Waals surface area contributed by atoms with Gasteiger partial charge in [-0.05, 0) is 11.8 Å². The van der Waals surface area contributed by atoms with E-state index in [1.807, 2.05) is 0 Å². The normalized spacial score (nSPS) is 16.0. The number of primary amides is 1. The molecule has 0 heterocycles. The summed E-state index contributed by atoms with van der Waals surface area (Å²) in [4.78, 5) is 21.6. The summed E-state index contributed by atoms with van der Waals surface area (Å²) in [6.07, 6.45) is 0.0775. The minimum atomic E-state index is -0.950. The van der Waals surface area contributed by atoms with Crippen molar-refractivity contribution in [3.63, 3.8) is 0 Å². The third-order valence-corrected chi connectivity index (χ3v) is 2.20. The molecule has 0 saturated heterocycles. The molecule has 5 N–H and O–H groups in total. The summed E-state index contributed by atoms with van der Waals surface area (Å²) >= 11 is 0. The van der Waals surface area contributed by atoms with Crippen molar-refractivity contribution >= 4 is 11.9 Å². The van der Waals surface area contributed by atoms with Crippen LogP contribution in [-0.4, -0.2) is 23.0 Å². The number of hydrogen-bond acceptors (Lipinski definition) is 3. The largest absolute Gasteiger partial charge is 0.481 e. The molecule has 2 atom stereocenters. The quantitative estimate of drug-likeness (QED) is 0.593. The summed E-state index contributed by atoms with van der Waals surface area (Å²) in [5, 5.41) is 8.93. The Bertz CT molecular complexity index is 233. The molecule has 0 saturated carbocycles. The van der Waals surface area contributed by atoms with E-state index >= 15 is 0 Å². The van der Waals surface area contributed by atoms with Crippen molar-refractivity contribution in [1.82, 2.24) is 0 Å². The van der Waals surface area contributed by atoms with E-state index in [0.29, 0.717) is 0 Å². The van der Waals surface area contributed by atoms with Gasteiger partial charge in [0.05, 0.1) is 12.0 Å². The van der Waals surface area contributed by atoms with Gasteiger partial charge in [0.15, 0.2) is 0 Å². The molecule has 1 amide bonds. The van der Waals surface area contributed by atoms with E-state index in [9.17, 15) is 9.59 Å². The maximum absolute atomic E-state index is 10.9. The van der Waals surface area contributed by atoms with Gasteiger partial charge in [0.25, 0.3) is 0 Å². The smallest absolute Gasteiger partial charge is 0.307 e. The molecule has 0 aromatic heterocycles. The first kappa shape index (κ1) is 12.9. The van der Waals surface area contributed by atoms with Crippen molar-refractivity contribution in [2.75, 3.05) is 0 Å². The number of carbonyl (C=O) groups excluding carboxylic acids is 1. The van der Waals surface area contributed by atoms with Gasteiger partial charge in [-0.1, -0.05) is 20.8 Å². The average Bonchev–Trinajstić information content (AvgIpc) is 1.96. The fourth-order valence-electron chi connectivity index (χ4n) is 1.19. The Labute approximate surface area is 83.5 Å². The van der Waals surface area contributed by atoms with Crippen LogP contribution in [0.5, 0.6) is 0 Å². The summed E-state index contributed by atoms with van der Waals surface area (Å²) in [6.45, 7) is 5.37. The molecule has 5 nitrogen and oxygen atoms in total. The van der Waals surface area contributed by atoms with Crippen LogP contribution in [0.1, 0.15) is 27.2 Å². The number of nitrogens with two attached hydrogens (primary N) is 2. The van der Waals surface area contributed by atoms with Crippen molar-refractivity contribution in [1.29, 1.82) is 0 Å². The highest BCUT2D eigenvalue weighted by molar-refractivity contribution is 5.80. The monoisotopic (exact) mass is 202 g/mol. The molecule has 0 aliphatic heterocycles. The standard InChI is InChI=1S/C9H18N2O3/c1-9(2,3)5(8(13)14)4-6(10)7(11)12/h5-6H,4,10H2,1-3H3,(H2,11,12)(H,13,14). The van der Waals surface area contributed by atoms with Crippen LogP contribution in [0.4, 0.5) is 0 Å². The van der Waals surface area contributed by atoms with E-state index in [1.165, 1.54) is 0 Å². The first-order valence-electron chi connectivity index (χ1n) is 4.44. The van der Waals surface area contributed by atoms with Gasteiger partial charge in [-0.2, -0.15) is 0 Å². The molecule has 0 aliphatic carbocycles. The van der Waals surface area contributed by atoms with Crippen LogP contribution in [0.25, 0.3) is 0 Å². The van der Waals surface area contributed by atoms with Crippen LogP contribution in [0.15, 0.2) is 0 Å². The van der Waals surface area contributed by atoms with E-state index in [0.717, 1.165) is 0 Å². The van der Waals surface area contributed by atoms with Crippen LogP contribution in [0.3, 0.4) is 0 Å². The van der Waals surface area contributed by atoms with Crippen molar-refractivity contribution in [3.8, 4) is 0 Å². The average molecular weight is 202 g/mol. The molecule has 0 aromatic carbocycles. The maximum atomic E-state index is 10.9. The molecule has 0 radical (unpaired) electrons. The molecule has 0 aromatic rings. The molecule has 0 rings (SSSR count). The Kier molecular flexibility index (Phi) is 4.07. The highest BCUT2D eigenvalue weighted by atomic mass is 16.4. The van der Waals surface area contributed by atoms with Gasteiger partial charge < -0.3 is 16.6 Å². The van der Waals surface area contributed by atoms with Gasteiger partial charge in [-0.3, -0.25) is 9.59 Å². The Morgan fingerprint density at radius 2 is 1.79 bits per heavy atom. The number of rotatable bonds is 4. The van der Waals surface area contributed by atoms with Gasteiger partial charge in [0.1, 0.15) is 0 Å². The van der Waals surface area contributed by atoms with Crippen LogP contribution in [-0.2, 0) is 9.59 Å². The Balaban J connectivity index is 4.55. The summed E-state index contributed by atoms with van der Waals surface area (Å²) in [7, 11) is 0. The van der Waals surface area contributed by atoms with Crippen LogP contribution in [0.2, 0.25) is 0 Å². The zero-order valence-corrected chi connectivity index (χ0v) is 8.78. The third-order valence-electron chi connectivity index (χ3n) is 2.20. The molecule has 14 heavy (non-hydrogen) atoms. The van der Waals surface area contributed by atoms with Gasteiger partial charge in [-0.15, -0.1) is 0 Å². The highest BCUT2D eigenvalue weighted by Gasteiger charge is 2.33. The summed E-state index contributed by atoms with van der Waals surface area (Å²) in [6, 6.07) is -0.893. The fourth-order valence-corrected chi connectivity index (χ4v) is 1.19. The lowest BCUT2D eigenvalue weighted by Gasteiger charge is -2.28. The predicted molar refractivity (Wildman–Crippen MR) is 52.4 cm³/mol. The zero-order valence-electron chi connectivity index (χ0n) is 8.78. The topological polar surface area (TPSA) is 106 Å². The Hall–Kier alpha value is -1.10. The molecule has 0 spiro atoms. The van der Waals surface area contributed by atoms with Gasteiger partial charge in [-0.25, -0.2) is 0 Å². The lowest BCUT2D eigenvalue weighted by atomic mass is 9.77. The minimum Gasteiger partial charge on any atom is -0.481 e. The van der Waals surface area contributed by atoms with E-state index < -0.39 is 29.3 Å². The number of carbonyl (C=O) groups is 2. The molecule has 0 bridgehead atoms. The highest BCUT2D eigenvalue weighted by Crippen LogP contribution is 2.29. The number of aliphatic carboxylic acids is 1. The lowest BCUT2D eigenvalue weighted by molar-refractivity contribution is -0.146. The van der Waals surface area contributed by atoms with Crippen LogP contribution in [0, 0.1) is 11.3 Å². The minimum absolute atomic E-state index is 0.0775. The SMILES string of the molecule is CC(C)(C)C(CC(N)C(N)=O)C(=O)O. The molecule has 0 fully saturated rings. The molecule has 0 aliphatic rings. The number of carboxylic acids is 1. The van der Waals surface area contributed by atoms with Crippen LogP contribution >= 0.6 is 0 Å². The predicted octanol–water partition coefficient (Wildman–Crippen LogP) is -0.0640. The van der Waals surface area contributed by atoms with Gasteiger partial charge >= 0.3 is 5.97 Å². The van der Waals surface area contributed by atoms with Crippen LogP contribution < -0.4 is 11.5 Å². The summed E-state index contributed by atoms with van der Waals surface area (Å²) in [5.74, 6) is -2.28. The first-order chi connectivity index (χ1) is 6.16. The van der Waals surface area contributed by atoms with Crippen molar-refractivity contribution in [2.24, 2.45) is 22.8 Å². The Morgan fingerprint density at radius 1 is 1.36 bits per heavy atom.